The van der Waals surface area contributed by atoms with Crippen molar-refractivity contribution in [3.05, 3.63) is 65.0 Å². The van der Waals surface area contributed by atoms with Crippen molar-refractivity contribution in [3.8, 4) is 11.5 Å². The number of furan rings is 1. The maximum absolute atomic E-state index is 13.1. The lowest BCUT2D eigenvalue weighted by Gasteiger charge is -2.19. The SMILES string of the molecule is Cc1ccc(-c2cc(C(=O)N(C)Cc3ccccc3C(F)(F)F)n[nH]2)o1. The van der Waals surface area contributed by atoms with Crippen LogP contribution in [0.2, 0.25) is 0 Å². The summed E-state index contributed by atoms with van der Waals surface area (Å²) in [6.45, 7) is 1.61. The van der Waals surface area contributed by atoms with E-state index in [4.69, 9.17) is 4.42 Å². The number of nitrogens with one attached hydrogen (secondary N) is 1. The molecule has 0 radical (unpaired) electrons. The Morgan fingerprint density at radius 2 is 1.96 bits per heavy atom. The van der Waals surface area contributed by atoms with Crippen molar-refractivity contribution in [3.63, 3.8) is 0 Å². The van der Waals surface area contributed by atoms with Crippen LogP contribution >= 0.6 is 0 Å². The van der Waals surface area contributed by atoms with E-state index in [9.17, 15) is 18.0 Å². The van der Waals surface area contributed by atoms with Crippen LogP contribution in [-0.4, -0.2) is 28.1 Å². The maximum atomic E-state index is 13.1. The molecule has 26 heavy (non-hydrogen) atoms. The summed E-state index contributed by atoms with van der Waals surface area (Å²) in [6, 6.07) is 10.2. The molecule has 0 bridgehead atoms. The average Bonchev–Trinajstić information content (AvgIpc) is 3.22. The van der Waals surface area contributed by atoms with E-state index in [1.807, 2.05) is 0 Å². The molecule has 0 atom stereocenters. The minimum absolute atomic E-state index is 0.0215. The fourth-order valence-corrected chi connectivity index (χ4v) is 2.59. The molecule has 0 aliphatic carbocycles. The third-order valence-electron chi connectivity index (χ3n) is 3.88. The molecule has 0 spiro atoms. The molecule has 0 unspecified atom stereocenters. The highest BCUT2D eigenvalue weighted by Crippen LogP contribution is 2.32. The van der Waals surface area contributed by atoms with Crippen LogP contribution in [0, 0.1) is 6.92 Å². The van der Waals surface area contributed by atoms with Gasteiger partial charge in [0, 0.05) is 19.7 Å². The average molecular weight is 363 g/mol. The Kier molecular flexibility index (Phi) is 4.58. The molecule has 3 aromatic rings. The first-order valence-electron chi connectivity index (χ1n) is 7.78. The largest absolute Gasteiger partial charge is 0.460 e. The molecule has 0 aliphatic rings. The third kappa shape index (κ3) is 3.63. The van der Waals surface area contributed by atoms with Crippen molar-refractivity contribution in [2.24, 2.45) is 0 Å². The van der Waals surface area contributed by atoms with Crippen molar-refractivity contribution in [1.82, 2.24) is 15.1 Å². The number of rotatable bonds is 4. The van der Waals surface area contributed by atoms with Crippen molar-refractivity contribution >= 4 is 5.91 Å². The molecule has 0 saturated carbocycles. The molecular weight excluding hydrogens is 347 g/mol. The van der Waals surface area contributed by atoms with Crippen LogP contribution < -0.4 is 0 Å². The molecule has 2 aromatic heterocycles. The van der Waals surface area contributed by atoms with E-state index in [-0.39, 0.29) is 17.8 Å². The van der Waals surface area contributed by atoms with Crippen molar-refractivity contribution in [2.45, 2.75) is 19.6 Å². The van der Waals surface area contributed by atoms with Crippen LogP contribution in [0.4, 0.5) is 13.2 Å². The Labute approximate surface area is 147 Å². The number of nitrogens with zero attached hydrogens (tertiary/aromatic N) is 2. The maximum Gasteiger partial charge on any atom is 0.416 e. The number of hydrogen-bond donors (Lipinski definition) is 1. The number of aromatic nitrogens is 2. The number of hydrogen-bond acceptors (Lipinski definition) is 3. The molecule has 0 fully saturated rings. The van der Waals surface area contributed by atoms with Gasteiger partial charge in [-0.1, -0.05) is 18.2 Å². The predicted octanol–water partition coefficient (Wildman–Crippen LogP) is 4.27. The zero-order valence-corrected chi connectivity index (χ0v) is 14.1. The van der Waals surface area contributed by atoms with Gasteiger partial charge in [-0.25, -0.2) is 0 Å². The number of H-pyrrole nitrogens is 1. The van der Waals surface area contributed by atoms with Crippen molar-refractivity contribution < 1.29 is 22.4 Å². The van der Waals surface area contributed by atoms with Gasteiger partial charge >= 0.3 is 6.18 Å². The quantitative estimate of drug-likeness (QED) is 0.753. The fraction of sp³-hybridized carbons (Fsp3) is 0.222. The summed E-state index contributed by atoms with van der Waals surface area (Å²) < 4.78 is 44.7. The van der Waals surface area contributed by atoms with Gasteiger partial charge in [-0.05, 0) is 30.7 Å². The van der Waals surface area contributed by atoms with Gasteiger partial charge in [-0.15, -0.1) is 0 Å². The molecule has 1 N–H and O–H groups in total. The highest BCUT2D eigenvalue weighted by atomic mass is 19.4. The fourth-order valence-electron chi connectivity index (χ4n) is 2.59. The molecular formula is C18H16F3N3O2. The van der Waals surface area contributed by atoms with Crippen LogP contribution in [-0.2, 0) is 12.7 Å². The van der Waals surface area contributed by atoms with Gasteiger partial charge < -0.3 is 9.32 Å². The predicted molar refractivity (Wildman–Crippen MR) is 88.3 cm³/mol. The number of amides is 1. The highest BCUT2D eigenvalue weighted by molar-refractivity contribution is 5.93. The van der Waals surface area contributed by atoms with Gasteiger partial charge in [0.2, 0.25) is 0 Å². The Morgan fingerprint density at radius 3 is 2.62 bits per heavy atom. The molecule has 2 heterocycles. The first-order valence-corrected chi connectivity index (χ1v) is 7.78. The van der Waals surface area contributed by atoms with E-state index in [1.54, 1.807) is 19.1 Å². The van der Waals surface area contributed by atoms with Crippen LogP contribution in [0.15, 0.2) is 46.9 Å². The van der Waals surface area contributed by atoms with Crippen LogP contribution in [0.1, 0.15) is 27.4 Å². The number of carbonyl (C=O) groups is 1. The van der Waals surface area contributed by atoms with Gasteiger partial charge in [0.25, 0.3) is 5.91 Å². The highest BCUT2D eigenvalue weighted by Gasteiger charge is 2.33. The number of benzene rings is 1. The minimum Gasteiger partial charge on any atom is -0.460 e. The Morgan fingerprint density at radius 1 is 1.23 bits per heavy atom. The molecule has 3 rings (SSSR count). The summed E-state index contributed by atoms with van der Waals surface area (Å²) >= 11 is 0. The first kappa shape index (κ1) is 17.8. The molecule has 8 heteroatoms. The Bertz CT molecular complexity index is 928. The van der Waals surface area contributed by atoms with E-state index < -0.39 is 17.6 Å². The van der Waals surface area contributed by atoms with Crippen LogP contribution in [0.25, 0.3) is 11.5 Å². The summed E-state index contributed by atoms with van der Waals surface area (Å²) in [7, 11) is 1.43. The van der Waals surface area contributed by atoms with Gasteiger partial charge in [-0.3, -0.25) is 9.89 Å². The standard InChI is InChI=1S/C18H16F3N3O2/c1-11-7-8-16(26-11)14-9-15(23-22-14)17(25)24(2)10-12-5-3-4-6-13(12)18(19,20)21/h3-9H,10H2,1-2H3,(H,22,23). The zero-order valence-electron chi connectivity index (χ0n) is 14.1. The van der Waals surface area contributed by atoms with Crippen molar-refractivity contribution in [1.29, 1.82) is 0 Å². The number of carbonyl (C=O) groups excluding carboxylic acids is 1. The van der Waals surface area contributed by atoms with Gasteiger partial charge in [0.1, 0.15) is 11.5 Å². The lowest BCUT2D eigenvalue weighted by molar-refractivity contribution is -0.138. The summed E-state index contributed by atoms with van der Waals surface area (Å²) in [5.74, 6) is 0.746. The van der Waals surface area contributed by atoms with E-state index in [2.05, 4.69) is 10.2 Å². The molecule has 136 valence electrons. The molecule has 1 aromatic carbocycles. The summed E-state index contributed by atoms with van der Waals surface area (Å²) in [4.78, 5) is 13.7. The number of alkyl halides is 3. The molecule has 0 aliphatic heterocycles. The molecule has 1 amide bonds. The number of aryl methyl sites for hydroxylation is 1. The third-order valence-corrected chi connectivity index (χ3v) is 3.88. The van der Waals surface area contributed by atoms with Gasteiger partial charge in [0.05, 0.1) is 5.56 Å². The summed E-state index contributed by atoms with van der Waals surface area (Å²) in [5.41, 5.74) is -0.117. The first-order chi connectivity index (χ1) is 12.3. The van der Waals surface area contributed by atoms with Gasteiger partial charge in [-0.2, -0.15) is 18.3 Å². The van der Waals surface area contributed by atoms with E-state index in [0.717, 1.165) is 6.07 Å². The Balaban J connectivity index is 1.78. The van der Waals surface area contributed by atoms with E-state index in [1.165, 1.54) is 36.2 Å². The van der Waals surface area contributed by atoms with E-state index in [0.29, 0.717) is 17.2 Å². The number of halogens is 3. The Hall–Kier alpha value is -3.03. The van der Waals surface area contributed by atoms with E-state index >= 15 is 0 Å². The van der Waals surface area contributed by atoms with Crippen molar-refractivity contribution in [2.75, 3.05) is 7.05 Å². The lowest BCUT2D eigenvalue weighted by Crippen LogP contribution is -2.27. The van der Waals surface area contributed by atoms with Crippen LogP contribution in [0.5, 0.6) is 0 Å². The zero-order chi connectivity index (χ0) is 18.9. The topological polar surface area (TPSA) is 62.1 Å². The monoisotopic (exact) mass is 363 g/mol. The molecule has 5 nitrogen and oxygen atoms in total. The second-order valence-corrected chi connectivity index (χ2v) is 5.89. The smallest absolute Gasteiger partial charge is 0.416 e. The number of aromatic amines is 1. The normalized spacial score (nSPS) is 11.6. The summed E-state index contributed by atoms with van der Waals surface area (Å²) in [5, 5.41) is 6.64. The minimum atomic E-state index is -4.48. The van der Waals surface area contributed by atoms with Crippen LogP contribution in [0.3, 0.4) is 0 Å². The van der Waals surface area contributed by atoms with Gasteiger partial charge in [0.15, 0.2) is 11.5 Å². The molecule has 0 saturated heterocycles. The second-order valence-electron chi connectivity index (χ2n) is 5.89. The summed E-state index contributed by atoms with van der Waals surface area (Å²) in [6.07, 6.45) is -4.48. The lowest BCUT2D eigenvalue weighted by atomic mass is 10.1. The second kappa shape index (κ2) is 6.70.